The fourth-order valence-electron chi connectivity index (χ4n) is 2.22. The first kappa shape index (κ1) is 13.3. The molecule has 1 atom stereocenters. The van der Waals surface area contributed by atoms with Crippen molar-refractivity contribution in [2.45, 2.75) is 13.3 Å². The number of aromatic nitrogens is 1. The Bertz CT molecular complexity index is 424. The summed E-state index contributed by atoms with van der Waals surface area (Å²) in [4.78, 5) is 18.3. The number of carbonyl (C=O) groups is 1. The zero-order valence-electron chi connectivity index (χ0n) is 10.5. The Labute approximate surface area is 112 Å². The smallest absolute Gasteiger partial charge is 0.269 e. The van der Waals surface area contributed by atoms with Crippen molar-refractivity contribution in [3.63, 3.8) is 0 Å². The Morgan fingerprint density at radius 1 is 1.67 bits per heavy atom. The van der Waals surface area contributed by atoms with Crippen molar-refractivity contribution in [2.24, 2.45) is 5.92 Å². The summed E-state index contributed by atoms with van der Waals surface area (Å²) in [6.07, 6.45) is 2.70. The SMILES string of the molecule is CCN1CCC(CNC(=O)c2cc(Cl)ccn2)C1. The van der Waals surface area contributed by atoms with Crippen molar-refractivity contribution in [3.8, 4) is 0 Å². The average Bonchev–Trinajstić information content (AvgIpc) is 2.84. The predicted octanol–water partition coefficient (Wildman–Crippen LogP) is 1.81. The van der Waals surface area contributed by atoms with Gasteiger partial charge in [0.05, 0.1) is 0 Å². The molecule has 98 valence electrons. The van der Waals surface area contributed by atoms with Gasteiger partial charge in [-0.2, -0.15) is 0 Å². The molecule has 1 fully saturated rings. The molecule has 0 radical (unpaired) electrons. The lowest BCUT2D eigenvalue weighted by Crippen LogP contribution is -2.31. The maximum Gasteiger partial charge on any atom is 0.269 e. The van der Waals surface area contributed by atoms with Gasteiger partial charge >= 0.3 is 0 Å². The van der Waals surface area contributed by atoms with E-state index in [1.54, 1.807) is 18.3 Å². The Balaban J connectivity index is 1.82. The van der Waals surface area contributed by atoms with Gasteiger partial charge in [-0.05, 0) is 37.6 Å². The molecule has 1 unspecified atom stereocenters. The molecule has 1 aromatic rings. The zero-order chi connectivity index (χ0) is 13.0. The minimum atomic E-state index is -0.146. The number of pyridine rings is 1. The second kappa shape index (κ2) is 6.16. The van der Waals surface area contributed by atoms with Crippen molar-refractivity contribution >= 4 is 17.5 Å². The third-order valence-corrected chi connectivity index (χ3v) is 3.56. The molecule has 18 heavy (non-hydrogen) atoms. The third-order valence-electron chi connectivity index (χ3n) is 3.32. The highest BCUT2D eigenvalue weighted by Gasteiger charge is 2.21. The van der Waals surface area contributed by atoms with Gasteiger partial charge in [0.25, 0.3) is 5.91 Å². The van der Waals surface area contributed by atoms with E-state index in [1.807, 2.05) is 0 Å². The highest BCUT2D eigenvalue weighted by Crippen LogP contribution is 2.14. The van der Waals surface area contributed by atoms with Crippen LogP contribution in [0, 0.1) is 5.92 Å². The first-order valence-electron chi connectivity index (χ1n) is 6.31. The number of halogens is 1. The molecule has 0 spiro atoms. The van der Waals surface area contributed by atoms with E-state index in [1.165, 1.54) is 0 Å². The van der Waals surface area contributed by atoms with E-state index in [0.29, 0.717) is 23.2 Å². The normalized spacial score (nSPS) is 20.0. The van der Waals surface area contributed by atoms with Crippen molar-refractivity contribution < 1.29 is 4.79 Å². The van der Waals surface area contributed by atoms with E-state index < -0.39 is 0 Å². The number of likely N-dealkylation sites (tertiary alicyclic amines) is 1. The van der Waals surface area contributed by atoms with Crippen LogP contribution >= 0.6 is 11.6 Å². The Hall–Kier alpha value is -1.13. The summed E-state index contributed by atoms with van der Waals surface area (Å²) >= 11 is 5.83. The van der Waals surface area contributed by atoms with Gasteiger partial charge in [-0.25, -0.2) is 0 Å². The largest absolute Gasteiger partial charge is 0.350 e. The molecular weight excluding hydrogens is 250 g/mol. The summed E-state index contributed by atoms with van der Waals surface area (Å²) in [7, 11) is 0. The first-order valence-corrected chi connectivity index (χ1v) is 6.69. The van der Waals surface area contributed by atoms with Crippen LogP contribution in [0.25, 0.3) is 0 Å². The molecule has 0 aliphatic carbocycles. The van der Waals surface area contributed by atoms with E-state index in [0.717, 1.165) is 26.1 Å². The molecule has 0 saturated carbocycles. The van der Waals surface area contributed by atoms with E-state index in [4.69, 9.17) is 11.6 Å². The van der Waals surface area contributed by atoms with Crippen LogP contribution in [0.2, 0.25) is 5.02 Å². The number of nitrogens with zero attached hydrogens (tertiary/aromatic N) is 2. The fraction of sp³-hybridized carbons (Fsp3) is 0.538. The molecule has 1 aromatic heterocycles. The van der Waals surface area contributed by atoms with Crippen LogP contribution in [0.3, 0.4) is 0 Å². The van der Waals surface area contributed by atoms with Gasteiger partial charge in [0.2, 0.25) is 0 Å². The summed E-state index contributed by atoms with van der Waals surface area (Å²) in [5.74, 6) is 0.403. The van der Waals surface area contributed by atoms with Crippen molar-refractivity contribution in [1.29, 1.82) is 0 Å². The van der Waals surface area contributed by atoms with Gasteiger partial charge in [0, 0.05) is 24.3 Å². The molecule has 5 heteroatoms. The molecule has 1 saturated heterocycles. The topological polar surface area (TPSA) is 45.2 Å². The van der Waals surface area contributed by atoms with Crippen LogP contribution in [-0.2, 0) is 0 Å². The summed E-state index contributed by atoms with van der Waals surface area (Å²) in [5, 5.41) is 3.46. The monoisotopic (exact) mass is 267 g/mol. The Morgan fingerprint density at radius 3 is 3.17 bits per heavy atom. The highest BCUT2D eigenvalue weighted by molar-refractivity contribution is 6.30. The maximum absolute atomic E-state index is 11.9. The second-order valence-corrected chi connectivity index (χ2v) is 5.05. The molecule has 2 heterocycles. The van der Waals surface area contributed by atoms with Gasteiger partial charge in [0.15, 0.2) is 0 Å². The molecule has 1 aliphatic rings. The number of nitrogens with one attached hydrogen (secondary N) is 1. The summed E-state index contributed by atoms with van der Waals surface area (Å²) in [5.41, 5.74) is 0.382. The Morgan fingerprint density at radius 2 is 2.50 bits per heavy atom. The highest BCUT2D eigenvalue weighted by atomic mass is 35.5. The van der Waals surface area contributed by atoms with Gasteiger partial charge in [-0.3, -0.25) is 9.78 Å². The number of rotatable bonds is 4. The number of carbonyl (C=O) groups excluding carboxylic acids is 1. The summed E-state index contributed by atoms with van der Waals surface area (Å²) in [6.45, 7) is 6.16. The Kier molecular flexibility index (Phi) is 4.55. The molecule has 1 aliphatic heterocycles. The van der Waals surface area contributed by atoms with Crippen LogP contribution in [0.4, 0.5) is 0 Å². The maximum atomic E-state index is 11.9. The van der Waals surface area contributed by atoms with E-state index in [2.05, 4.69) is 22.1 Å². The molecule has 0 bridgehead atoms. The third kappa shape index (κ3) is 3.43. The lowest BCUT2D eigenvalue weighted by Gasteiger charge is -2.13. The minimum Gasteiger partial charge on any atom is -0.350 e. The molecule has 4 nitrogen and oxygen atoms in total. The minimum absolute atomic E-state index is 0.146. The second-order valence-electron chi connectivity index (χ2n) is 4.62. The first-order chi connectivity index (χ1) is 8.69. The average molecular weight is 268 g/mol. The predicted molar refractivity (Wildman–Crippen MR) is 71.8 cm³/mol. The zero-order valence-corrected chi connectivity index (χ0v) is 11.3. The van der Waals surface area contributed by atoms with Crippen LogP contribution in [-0.4, -0.2) is 42.0 Å². The molecule has 2 rings (SSSR count). The molecule has 1 amide bonds. The van der Waals surface area contributed by atoms with Crippen molar-refractivity contribution in [3.05, 3.63) is 29.0 Å². The number of amides is 1. The van der Waals surface area contributed by atoms with E-state index in [-0.39, 0.29) is 5.91 Å². The van der Waals surface area contributed by atoms with Gasteiger partial charge in [-0.1, -0.05) is 18.5 Å². The van der Waals surface area contributed by atoms with Crippen molar-refractivity contribution in [1.82, 2.24) is 15.2 Å². The molecular formula is C13H18ClN3O. The summed E-state index contributed by atoms with van der Waals surface area (Å²) < 4.78 is 0. The van der Waals surface area contributed by atoms with E-state index in [9.17, 15) is 4.79 Å². The van der Waals surface area contributed by atoms with Crippen LogP contribution in [0.5, 0.6) is 0 Å². The van der Waals surface area contributed by atoms with Gasteiger partial charge < -0.3 is 10.2 Å². The van der Waals surface area contributed by atoms with Crippen LogP contribution in [0.1, 0.15) is 23.8 Å². The number of hydrogen-bond acceptors (Lipinski definition) is 3. The lowest BCUT2D eigenvalue weighted by atomic mass is 10.1. The van der Waals surface area contributed by atoms with Gasteiger partial charge in [-0.15, -0.1) is 0 Å². The quantitative estimate of drug-likeness (QED) is 0.905. The van der Waals surface area contributed by atoms with E-state index >= 15 is 0 Å². The molecule has 1 N–H and O–H groups in total. The lowest BCUT2D eigenvalue weighted by molar-refractivity contribution is 0.0942. The molecule has 0 aromatic carbocycles. The summed E-state index contributed by atoms with van der Waals surface area (Å²) in [6, 6.07) is 3.25. The van der Waals surface area contributed by atoms with Crippen LogP contribution in [0.15, 0.2) is 18.3 Å². The standard InChI is InChI=1S/C13H18ClN3O/c1-2-17-6-4-10(9-17)8-16-13(18)12-7-11(14)3-5-15-12/h3,5,7,10H,2,4,6,8-9H2,1H3,(H,16,18). The fourth-order valence-corrected chi connectivity index (χ4v) is 2.38. The van der Waals surface area contributed by atoms with Gasteiger partial charge in [0.1, 0.15) is 5.69 Å². The van der Waals surface area contributed by atoms with Crippen LogP contribution < -0.4 is 5.32 Å². The van der Waals surface area contributed by atoms with Crippen molar-refractivity contribution in [2.75, 3.05) is 26.2 Å². The number of hydrogen-bond donors (Lipinski definition) is 1.